The topological polar surface area (TPSA) is 70.0 Å². The highest BCUT2D eigenvalue weighted by atomic mass is 16.6. The van der Waals surface area contributed by atoms with Crippen LogP contribution in [0.1, 0.15) is 52.9 Å². The average molecular weight is 269 g/mol. The van der Waals surface area contributed by atoms with Crippen molar-refractivity contribution in [2.75, 3.05) is 6.54 Å². The van der Waals surface area contributed by atoms with E-state index in [0.717, 1.165) is 25.7 Å². The van der Waals surface area contributed by atoms with E-state index in [1.54, 1.807) is 0 Å². The van der Waals surface area contributed by atoms with Crippen molar-refractivity contribution < 1.29 is 19.6 Å². The third kappa shape index (κ3) is 3.05. The number of carbonyl (C=O) groups is 1. The molecule has 2 fully saturated rings. The van der Waals surface area contributed by atoms with Gasteiger partial charge in [-0.05, 0) is 58.7 Å². The Morgan fingerprint density at radius 3 is 2.58 bits per heavy atom. The third-order valence-corrected chi connectivity index (χ3v) is 4.25. The molecule has 2 atom stereocenters. The summed E-state index contributed by atoms with van der Waals surface area (Å²) in [5.41, 5.74) is -0.702. The van der Waals surface area contributed by atoms with E-state index in [1.807, 2.05) is 25.7 Å². The van der Waals surface area contributed by atoms with Gasteiger partial charge in [-0.25, -0.2) is 4.79 Å². The summed E-state index contributed by atoms with van der Waals surface area (Å²) >= 11 is 0. The Morgan fingerprint density at radius 2 is 2.05 bits per heavy atom. The van der Waals surface area contributed by atoms with Crippen LogP contribution in [0.4, 0.5) is 4.79 Å². The quantitative estimate of drug-likeness (QED) is 0.712. The van der Waals surface area contributed by atoms with Crippen molar-refractivity contribution in [2.24, 2.45) is 0 Å². The van der Waals surface area contributed by atoms with Crippen LogP contribution in [0.5, 0.6) is 0 Å². The van der Waals surface area contributed by atoms with Crippen LogP contribution in [0.2, 0.25) is 5.82 Å². The van der Waals surface area contributed by atoms with Crippen LogP contribution in [-0.4, -0.2) is 45.8 Å². The van der Waals surface area contributed by atoms with E-state index in [0.29, 0.717) is 13.0 Å². The van der Waals surface area contributed by atoms with Gasteiger partial charge in [-0.15, -0.1) is 0 Å². The fourth-order valence-corrected chi connectivity index (χ4v) is 3.41. The van der Waals surface area contributed by atoms with Crippen molar-refractivity contribution >= 4 is 13.2 Å². The Kier molecular flexibility index (Phi) is 3.84. The number of likely N-dealkylation sites (tertiary alicyclic amines) is 1. The van der Waals surface area contributed by atoms with Crippen molar-refractivity contribution in [1.29, 1.82) is 0 Å². The van der Waals surface area contributed by atoms with Gasteiger partial charge in [0.2, 0.25) is 0 Å². The van der Waals surface area contributed by atoms with Crippen LogP contribution in [0.25, 0.3) is 0 Å². The first-order valence-electron chi connectivity index (χ1n) is 7.10. The molecule has 1 heterocycles. The molecule has 5 nitrogen and oxygen atoms in total. The summed E-state index contributed by atoms with van der Waals surface area (Å²) in [6.45, 7) is 6.30. The van der Waals surface area contributed by atoms with Crippen LogP contribution in [0, 0.1) is 0 Å². The molecule has 1 saturated heterocycles. The molecule has 1 spiro atoms. The van der Waals surface area contributed by atoms with Crippen molar-refractivity contribution in [1.82, 2.24) is 4.90 Å². The maximum atomic E-state index is 12.3. The number of carbonyl (C=O) groups excluding carboxylic acids is 1. The molecule has 2 rings (SSSR count). The Morgan fingerprint density at radius 1 is 1.37 bits per heavy atom. The van der Waals surface area contributed by atoms with Crippen LogP contribution < -0.4 is 0 Å². The van der Waals surface area contributed by atoms with Crippen LogP contribution in [-0.2, 0) is 4.74 Å². The van der Waals surface area contributed by atoms with Gasteiger partial charge in [0.25, 0.3) is 0 Å². The molecule has 1 aliphatic heterocycles. The molecule has 1 aliphatic carbocycles. The first-order valence-corrected chi connectivity index (χ1v) is 7.10. The lowest BCUT2D eigenvalue weighted by atomic mass is 9.70. The second-order valence-electron chi connectivity index (χ2n) is 6.88. The van der Waals surface area contributed by atoms with E-state index in [-0.39, 0.29) is 17.4 Å². The molecular weight excluding hydrogens is 245 g/mol. The van der Waals surface area contributed by atoms with Gasteiger partial charge in [-0.3, -0.25) is 0 Å². The zero-order valence-corrected chi connectivity index (χ0v) is 12.1. The van der Waals surface area contributed by atoms with E-state index in [2.05, 4.69) is 0 Å². The van der Waals surface area contributed by atoms with Gasteiger partial charge in [-0.1, -0.05) is 0 Å². The van der Waals surface area contributed by atoms with E-state index >= 15 is 0 Å². The van der Waals surface area contributed by atoms with E-state index in [1.165, 1.54) is 0 Å². The summed E-state index contributed by atoms with van der Waals surface area (Å²) in [5.74, 6) is -0.122. The molecule has 0 aromatic carbocycles. The van der Waals surface area contributed by atoms with Crippen molar-refractivity contribution in [3.63, 3.8) is 0 Å². The van der Waals surface area contributed by atoms with Crippen LogP contribution in [0.15, 0.2) is 0 Å². The third-order valence-electron chi connectivity index (χ3n) is 4.25. The predicted octanol–water partition coefficient (Wildman–Crippen LogP) is 1.78. The second kappa shape index (κ2) is 4.98. The second-order valence-corrected chi connectivity index (χ2v) is 6.88. The smallest absolute Gasteiger partial charge is 0.444 e. The Labute approximate surface area is 115 Å². The highest BCUT2D eigenvalue weighted by Gasteiger charge is 2.51. The highest BCUT2D eigenvalue weighted by molar-refractivity contribution is 6.43. The maximum Gasteiger partial charge on any atom is 0.454 e. The summed E-state index contributed by atoms with van der Waals surface area (Å²) in [6, 6.07) is 0. The van der Waals surface area contributed by atoms with Gasteiger partial charge in [0.15, 0.2) is 0 Å². The average Bonchev–Trinajstić information content (AvgIpc) is 2.84. The predicted molar refractivity (Wildman–Crippen MR) is 72.7 cm³/mol. The zero-order valence-electron chi connectivity index (χ0n) is 12.1. The molecule has 1 saturated carbocycles. The summed E-state index contributed by atoms with van der Waals surface area (Å²) in [5, 5.41) is 18.7. The van der Waals surface area contributed by atoms with Gasteiger partial charge in [0.1, 0.15) is 5.60 Å². The van der Waals surface area contributed by atoms with Crippen molar-refractivity contribution in [3.8, 4) is 0 Å². The maximum absolute atomic E-state index is 12.3. The normalized spacial score (nSPS) is 31.0. The fourth-order valence-electron chi connectivity index (χ4n) is 3.41. The molecule has 0 bridgehead atoms. The summed E-state index contributed by atoms with van der Waals surface area (Å²) in [4.78, 5) is 14.1. The van der Waals surface area contributed by atoms with Crippen molar-refractivity contribution in [2.45, 2.75) is 69.8 Å². The van der Waals surface area contributed by atoms with E-state index in [4.69, 9.17) is 4.74 Å². The molecule has 1 amide bonds. The molecular formula is C13H24BNO4. The summed E-state index contributed by atoms with van der Waals surface area (Å²) < 4.78 is 5.47. The van der Waals surface area contributed by atoms with Crippen LogP contribution >= 0.6 is 0 Å². The lowest BCUT2D eigenvalue weighted by Crippen LogP contribution is -2.47. The molecule has 2 N–H and O–H groups in total. The SMILES string of the molecule is CC(C)(C)OC(=O)N1CCCC12CCC(B(O)O)C2. The molecule has 0 aromatic heterocycles. The summed E-state index contributed by atoms with van der Waals surface area (Å²) in [7, 11) is -1.28. The molecule has 108 valence electrons. The first-order chi connectivity index (χ1) is 8.73. The number of rotatable bonds is 1. The highest BCUT2D eigenvalue weighted by Crippen LogP contribution is 2.49. The van der Waals surface area contributed by atoms with Gasteiger partial charge in [-0.2, -0.15) is 0 Å². The molecule has 0 radical (unpaired) electrons. The largest absolute Gasteiger partial charge is 0.454 e. The molecule has 0 aromatic rings. The van der Waals surface area contributed by atoms with Gasteiger partial charge < -0.3 is 19.7 Å². The van der Waals surface area contributed by atoms with Crippen LogP contribution in [0.3, 0.4) is 0 Å². The standard InChI is InChI=1S/C13H24BNO4/c1-12(2,3)19-11(16)15-8-4-6-13(15)7-5-10(9-13)14(17)18/h10,17-18H,4-9H2,1-3H3. The number of hydrogen-bond donors (Lipinski definition) is 2. The lowest BCUT2D eigenvalue weighted by molar-refractivity contribution is 0.00868. The number of amides is 1. The molecule has 19 heavy (non-hydrogen) atoms. The lowest BCUT2D eigenvalue weighted by Gasteiger charge is -2.36. The minimum absolute atomic E-state index is 0.122. The first kappa shape index (κ1) is 14.7. The van der Waals surface area contributed by atoms with E-state index in [9.17, 15) is 14.8 Å². The summed E-state index contributed by atoms with van der Waals surface area (Å²) in [6.07, 6.45) is 3.91. The zero-order chi connectivity index (χ0) is 14.3. The van der Waals surface area contributed by atoms with Gasteiger partial charge in [0.05, 0.1) is 0 Å². The Bertz CT molecular complexity index is 355. The van der Waals surface area contributed by atoms with Gasteiger partial charge in [0, 0.05) is 12.1 Å². The molecule has 6 heteroatoms. The number of ether oxygens (including phenoxy) is 1. The minimum atomic E-state index is -1.28. The number of hydrogen-bond acceptors (Lipinski definition) is 4. The van der Waals surface area contributed by atoms with E-state index < -0.39 is 12.7 Å². The minimum Gasteiger partial charge on any atom is -0.444 e. The Balaban J connectivity index is 2.07. The fraction of sp³-hybridized carbons (Fsp3) is 0.923. The monoisotopic (exact) mass is 269 g/mol. The number of nitrogens with zero attached hydrogens (tertiary/aromatic N) is 1. The molecule has 2 unspecified atom stereocenters. The Hall–Kier alpha value is -0.745. The van der Waals surface area contributed by atoms with Gasteiger partial charge >= 0.3 is 13.2 Å². The molecule has 2 aliphatic rings. The van der Waals surface area contributed by atoms with Crippen molar-refractivity contribution in [3.05, 3.63) is 0 Å².